The molecule has 0 saturated heterocycles. The van der Waals surface area contributed by atoms with E-state index in [1.807, 2.05) is 42.5 Å². The highest BCUT2D eigenvalue weighted by Crippen LogP contribution is 2.36. The van der Waals surface area contributed by atoms with Gasteiger partial charge in [-0.1, -0.05) is 49.7 Å². The Bertz CT molecular complexity index is 601. The molecule has 4 heteroatoms. The molecule has 2 rings (SSSR count). The quantitative estimate of drug-likeness (QED) is 0.712. The fourth-order valence-electron chi connectivity index (χ4n) is 1.94. The Kier molecular flexibility index (Phi) is 6.09. The highest BCUT2D eigenvalue weighted by molar-refractivity contribution is 9.10. The van der Waals surface area contributed by atoms with Crippen LogP contribution in [-0.4, -0.2) is 6.54 Å². The van der Waals surface area contributed by atoms with E-state index in [0.717, 1.165) is 28.9 Å². The molecule has 2 nitrogen and oxygen atoms in total. The highest BCUT2D eigenvalue weighted by atomic mass is 79.9. The summed E-state index contributed by atoms with van der Waals surface area (Å²) in [5, 5.41) is 4.04. The molecule has 0 aliphatic rings. The van der Waals surface area contributed by atoms with E-state index in [0.29, 0.717) is 16.7 Å². The molecule has 0 unspecified atom stereocenters. The number of ether oxygens (including phenoxy) is 1. The largest absolute Gasteiger partial charge is 0.454 e. The van der Waals surface area contributed by atoms with Crippen molar-refractivity contribution in [3.05, 3.63) is 57.5 Å². The second-order valence-electron chi connectivity index (χ2n) is 5.29. The van der Waals surface area contributed by atoms with Crippen molar-refractivity contribution in [2.24, 2.45) is 5.92 Å². The third-order valence-corrected chi connectivity index (χ3v) is 3.92. The van der Waals surface area contributed by atoms with Gasteiger partial charge in [-0.05, 0) is 46.6 Å². The van der Waals surface area contributed by atoms with Gasteiger partial charge in [0.15, 0.2) is 5.75 Å². The minimum Gasteiger partial charge on any atom is -0.454 e. The number of rotatable bonds is 6. The minimum absolute atomic E-state index is 0.608. The van der Waals surface area contributed by atoms with E-state index in [-0.39, 0.29) is 0 Å². The Morgan fingerprint density at radius 2 is 1.90 bits per heavy atom. The van der Waals surface area contributed by atoms with Crippen LogP contribution in [0.1, 0.15) is 19.4 Å². The van der Waals surface area contributed by atoms with Gasteiger partial charge in [-0.2, -0.15) is 0 Å². The van der Waals surface area contributed by atoms with E-state index in [1.165, 1.54) is 0 Å². The minimum atomic E-state index is 0.608. The van der Waals surface area contributed by atoms with Gasteiger partial charge in [0.05, 0.1) is 9.50 Å². The van der Waals surface area contributed by atoms with Crippen LogP contribution < -0.4 is 10.1 Å². The second-order valence-corrected chi connectivity index (χ2v) is 6.55. The van der Waals surface area contributed by atoms with Crippen LogP contribution in [0.5, 0.6) is 11.5 Å². The van der Waals surface area contributed by atoms with Gasteiger partial charge in [-0.3, -0.25) is 0 Å². The Labute approximate surface area is 139 Å². The molecule has 0 saturated carbocycles. The number of hydrogen-bond acceptors (Lipinski definition) is 2. The number of para-hydroxylation sites is 2. The predicted molar refractivity (Wildman–Crippen MR) is 92.2 cm³/mol. The zero-order chi connectivity index (χ0) is 15.2. The molecule has 112 valence electrons. The summed E-state index contributed by atoms with van der Waals surface area (Å²) in [5.74, 6) is 2.08. The highest BCUT2D eigenvalue weighted by Gasteiger charge is 2.11. The molecule has 0 amide bonds. The van der Waals surface area contributed by atoms with Crippen molar-refractivity contribution in [2.75, 3.05) is 6.54 Å². The molecule has 0 fully saturated rings. The Morgan fingerprint density at radius 1 is 1.14 bits per heavy atom. The van der Waals surface area contributed by atoms with Gasteiger partial charge in [0.2, 0.25) is 0 Å². The van der Waals surface area contributed by atoms with Gasteiger partial charge < -0.3 is 10.1 Å². The normalized spacial score (nSPS) is 10.9. The van der Waals surface area contributed by atoms with Crippen LogP contribution >= 0.6 is 27.5 Å². The monoisotopic (exact) mass is 367 g/mol. The van der Waals surface area contributed by atoms with E-state index in [2.05, 4.69) is 35.1 Å². The molecule has 0 radical (unpaired) electrons. The molecule has 0 aliphatic heterocycles. The summed E-state index contributed by atoms with van der Waals surface area (Å²) in [6.45, 7) is 6.06. The van der Waals surface area contributed by atoms with Crippen molar-refractivity contribution in [1.82, 2.24) is 5.32 Å². The van der Waals surface area contributed by atoms with Gasteiger partial charge in [0.1, 0.15) is 5.75 Å². The standard InChI is InChI=1S/C17H19BrClNO/c1-12(2)10-20-11-13-6-5-8-15(19)17(13)21-16-9-4-3-7-14(16)18/h3-9,12,20H,10-11H2,1-2H3. The maximum atomic E-state index is 6.31. The maximum Gasteiger partial charge on any atom is 0.150 e. The average molecular weight is 369 g/mol. The molecule has 2 aromatic carbocycles. The van der Waals surface area contributed by atoms with E-state index >= 15 is 0 Å². The van der Waals surface area contributed by atoms with E-state index in [1.54, 1.807) is 0 Å². The summed E-state index contributed by atoms with van der Waals surface area (Å²) >= 11 is 9.80. The summed E-state index contributed by atoms with van der Waals surface area (Å²) in [6, 6.07) is 13.6. The Morgan fingerprint density at radius 3 is 2.62 bits per heavy atom. The topological polar surface area (TPSA) is 21.3 Å². The zero-order valence-corrected chi connectivity index (χ0v) is 14.5. The Hall–Kier alpha value is -1.03. The molecule has 0 bridgehead atoms. The zero-order valence-electron chi connectivity index (χ0n) is 12.2. The lowest BCUT2D eigenvalue weighted by molar-refractivity contribution is 0.466. The molecule has 0 aromatic heterocycles. The first-order chi connectivity index (χ1) is 10.1. The van der Waals surface area contributed by atoms with Crippen molar-refractivity contribution >= 4 is 27.5 Å². The van der Waals surface area contributed by atoms with Crippen molar-refractivity contribution in [3.8, 4) is 11.5 Å². The van der Waals surface area contributed by atoms with Crippen molar-refractivity contribution < 1.29 is 4.74 Å². The summed E-state index contributed by atoms with van der Waals surface area (Å²) in [6.07, 6.45) is 0. The molecule has 0 atom stereocenters. The number of nitrogens with one attached hydrogen (secondary N) is 1. The van der Waals surface area contributed by atoms with E-state index < -0.39 is 0 Å². The summed E-state index contributed by atoms with van der Waals surface area (Å²) < 4.78 is 6.92. The summed E-state index contributed by atoms with van der Waals surface area (Å²) in [7, 11) is 0. The van der Waals surface area contributed by atoms with Crippen LogP contribution in [0.15, 0.2) is 46.9 Å². The summed E-state index contributed by atoms with van der Waals surface area (Å²) in [4.78, 5) is 0. The molecular weight excluding hydrogens is 350 g/mol. The van der Waals surface area contributed by atoms with Crippen LogP contribution in [0.2, 0.25) is 5.02 Å². The third kappa shape index (κ3) is 4.73. The van der Waals surface area contributed by atoms with Gasteiger partial charge in [0, 0.05) is 12.1 Å². The first kappa shape index (κ1) is 16.3. The lowest BCUT2D eigenvalue weighted by Crippen LogP contribution is -2.19. The lowest BCUT2D eigenvalue weighted by Gasteiger charge is -2.15. The maximum absolute atomic E-state index is 6.31. The molecule has 0 aliphatic carbocycles. The fourth-order valence-corrected chi connectivity index (χ4v) is 2.54. The van der Waals surface area contributed by atoms with Gasteiger partial charge >= 0.3 is 0 Å². The molecule has 0 heterocycles. The first-order valence-electron chi connectivity index (χ1n) is 6.98. The molecule has 1 N–H and O–H groups in total. The van der Waals surface area contributed by atoms with Gasteiger partial charge in [0.25, 0.3) is 0 Å². The Balaban J connectivity index is 2.20. The third-order valence-electron chi connectivity index (χ3n) is 2.97. The van der Waals surface area contributed by atoms with Crippen molar-refractivity contribution in [2.45, 2.75) is 20.4 Å². The molecular formula is C17H19BrClNO. The van der Waals surface area contributed by atoms with Crippen LogP contribution in [0.25, 0.3) is 0 Å². The SMILES string of the molecule is CC(C)CNCc1cccc(Cl)c1Oc1ccccc1Br. The number of benzene rings is 2. The van der Waals surface area contributed by atoms with Gasteiger partial charge in [-0.25, -0.2) is 0 Å². The van der Waals surface area contributed by atoms with Crippen molar-refractivity contribution in [3.63, 3.8) is 0 Å². The average Bonchev–Trinajstić information content (AvgIpc) is 2.44. The number of hydrogen-bond donors (Lipinski definition) is 1. The lowest BCUT2D eigenvalue weighted by atomic mass is 10.1. The first-order valence-corrected chi connectivity index (χ1v) is 8.15. The smallest absolute Gasteiger partial charge is 0.150 e. The van der Waals surface area contributed by atoms with Crippen LogP contribution in [0.3, 0.4) is 0 Å². The fraction of sp³-hybridized carbons (Fsp3) is 0.294. The number of halogens is 2. The molecule has 21 heavy (non-hydrogen) atoms. The van der Waals surface area contributed by atoms with Crippen LogP contribution in [0.4, 0.5) is 0 Å². The van der Waals surface area contributed by atoms with E-state index in [4.69, 9.17) is 16.3 Å². The molecule has 0 spiro atoms. The predicted octanol–water partition coefficient (Wildman–Crippen LogP) is 5.64. The molecule has 2 aromatic rings. The summed E-state index contributed by atoms with van der Waals surface area (Å²) in [5.41, 5.74) is 1.05. The van der Waals surface area contributed by atoms with Crippen LogP contribution in [0, 0.1) is 5.92 Å². The second kappa shape index (κ2) is 7.83. The van der Waals surface area contributed by atoms with Crippen LogP contribution in [-0.2, 0) is 6.54 Å². The van der Waals surface area contributed by atoms with Crippen molar-refractivity contribution in [1.29, 1.82) is 0 Å². The van der Waals surface area contributed by atoms with Gasteiger partial charge in [-0.15, -0.1) is 0 Å². The van der Waals surface area contributed by atoms with E-state index in [9.17, 15) is 0 Å².